The lowest BCUT2D eigenvalue weighted by Gasteiger charge is -2.32. The number of carboxylic acid groups (broad SMARTS) is 1. The number of carbonyl (C=O) groups is 1. The van der Waals surface area contributed by atoms with Crippen molar-refractivity contribution in [3.63, 3.8) is 0 Å². The van der Waals surface area contributed by atoms with Crippen molar-refractivity contribution in [2.45, 2.75) is 17.7 Å². The number of nitro benzene ring substituents is 1. The first-order chi connectivity index (χ1) is 9.82. The smallest absolute Gasteiger partial charge is 0.270 e. The monoisotopic (exact) mass is 313 g/mol. The van der Waals surface area contributed by atoms with Gasteiger partial charge in [-0.05, 0) is 18.9 Å². The summed E-state index contributed by atoms with van der Waals surface area (Å²) in [5.41, 5.74) is -0.329. The van der Waals surface area contributed by atoms with E-state index in [0.29, 0.717) is 12.8 Å². The molecular formula is C12H13N2O6S-. The quantitative estimate of drug-likeness (QED) is 0.558. The zero-order chi connectivity index (χ0) is 15.6. The lowest BCUT2D eigenvalue weighted by Crippen LogP contribution is -2.46. The van der Waals surface area contributed by atoms with Crippen molar-refractivity contribution in [2.24, 2.45) is 5.92 Å². The standard InChI is InChI=1S/C12H14N2O6S/c15-12(16)9-3-2-6-13(8-9)21(19,20)11-5-1-4-10(7-11)14(17)18/h1,4-5,7,9H,2-3,6,8H2,(H,15,16)/p-1/t9-/m0/s1. The minimum absolute atomic E-state index is 0.173. The summed E-state index contributed by atoms with van der Waals surface area (Å²) in [6.45, 7) is 0.0160. The summed E-state index contributed by atoms with van der Waals surface area (Å²) in [6.07, 6.45) is 0.774. The van der Waals surface area contributed by atoms with Crippen LogP contribution in [0.15, 0.2) is 29.2 Å². The molecular weight excluding hydrogens is 300 g/mol. The van der Waals surface area contributed by atoms with E-state index in [2.05, 4.69) is 0 Å². The number of nitrogens with zero attached hydrogens (tertiary/aromatic N) is 2. The van der Waals surface area contributed by atoms with Gasteiger partial charge in [0.2, 0.25) is 10.0 Å². The van der Waals surface area contributed by atoms with Crippen molar-refractivity contribution in [3.05, 3.63) is 34.4 Å². The second kappa shape index (κ2) is 5.78. The fraction of sp³-hybridized carbons (Fsp3) is 0.417. The van der Waals surface area contributed by atoms with E-state index in [1.807, 2.05) is 0 Å². The van der Waals surface area contributed by atoms with Gasteiger partial charge in [-0.1, -0.05) is 6.07 Å². The number of carboxylic acids is 1. The van der Waals surface area contributed by atoms with Crippen LogP contribution >= 0.6 is 0 Å². The Kier molecular flexibility index (Phi) is 4.24. The number of carbonyl (C=O) groups excluding carboxylic acids is 1. The topological polar surface area (TPSA) is 121 Å². The Morgan fingerprint density at radius 1 is 1.38 bits per heavy atom. The molecule has 1 saturated heterocycles. The molecule has 1 aromatic rings. The van der Waals surface area contributed by atoms with Crippen LogP contribution in [0.3, 0.4) is 0 Å². The first-order valence-electron chi connectivity index (χ1n) is 6.28. The van der Waals surface area contributed by atoms with Crippen LogP contribution in [0.1, 0.15) is 12.8 Å². The maximum Gasteiger partial charge on any atom is 0.270 e. The minimum Gasteiger partial charge on any atom is -0.550 e. The summed E-state index contributed by atoms with van der Waals surface area (Å²) in [6, 6.07) is 4.70. The molecule has 1 aliphatic heterocycles. The van der Waals surface area contributed by atoms with Crippen LogP contribution in [0.4, 0.5) is 5.69 Å². The minimum atomic E-state index is -3.95. The third-order valence-corrected chi connectivity index (χ3v) is 5.24. The average molecular weight is 313 g/mol. The number of hydrogen-bond donors (Lipinski definition) is 0. The van der Waals surface area contributed by atoms with E-state index in [-0.39, 0.29) is 23.7 Å². The molecule has 1 fully saturated rings. The van der Waals surface area contributed by atoms with Gasteiger partial charge in [0.25, 0.3) is 5.69 Å². The molecule has 0 radical (unpaired) electrons. The molecule has 9 heteroatoms. The summed E-state index contributed by atoms with van der Waals surface area (Å²) in [5.74, 6) is -2.14. The van der Waals surface area contributed by atoms with E-state index in [9.17, 15) is 28.4 Å². The number of nitro groups is 1. The molecule has 0 unspecified atom stereocenters. The molecule has 1 aliphatic rings. The number of aliphatic carboxylic acids is 1. The molecule has 0 N–H and O–H groups in total. The molecule has 0 bridgehead atoms. The highest BCUT2D eigenvalue weighted by atomic mass is 32.2. The molecule has 1 aromatic carbocycles. The van der Waals surface area contributed by atoms with E-state index in [4.69, 9.17) is 0 Å². The highest BCUT2D eigenvalue weighted by molar-refractivity contribution is 7.89. The largest absolute Gasteiger partial charge is 0.550 e. The van der Waals surface area contributed by atoms with Crippen LogP contribution in [-0.2, 0) is 14.8 Å². The number of benzene rings is 1. The van der Waals surface area contributed by atoms with E-state index >= 15 is 0 Å². The van der Waals surface area contributed by atoms with Crippen LogP contribution in [0.5, 0.6) is 0 Å². The van der Waals surface area contributed by atoms with Crippen molar-refractivity contribution in [3.8, 4) is 0 Å². The van der Waals surface area contributed by atoms with Crippen molar-refractivity contribution in [2.75, 3.05) is 13.1 Å². The van der Waals surface area contributed by atoms with E-state index in [0.717, 1.165) is 10.4 Å². The number of non-ortho nitro benzene ring substituents is 1. The molecule has 0 aliphatic carbocycles. The number of hydrogen-bond acceptors (Lipinski definition) is 6. The summed E-state index contributed by atoms with van der Waals surface area (Å²) in [7, 11) is -3.95. The molecule has 0 amide bonds. The Hall–Kier alpha value is -2.00. The van der Waals surface area contributed by atoms with Crippen molar-refractivity contribution >= 4 is 21.7 Å². The van der Waals surface area contributed by atoms with Crippen molar-refractivity contribution in [1.82, 2.24) is 4.31 Å². The lowest BCUT2D eigenvalue weighted by atomic mass is 10.0. The number of rotatable bonds is 4. The van der Waals surface area contributed by atoms with Gasteiger partial charge in [-0.2, -0.15) is 4.31 Å². The molecule has 114 valence electrons. The highest BCUT2D eigenvalue weighted by Gasteiger charge is 2.31. The predicted octanol–water partition coefficient (Wildman–Crippen LogP) is -0.255. The van der Waals surface area contributed by atoms with Gasteiger partial charge in [-0.15, -0.1) is 0 Å². The van der Waals surface area contributed by atoms with E-state index in [1.54, 1.807) is 0 Å². The van der Waals surface area contributed by atoms with Gasteiger partial charge < -0.3 is 9.90 Å². The molecule has 2 rings (SSSR count). The Morgan fingerprint density at radius 2 is 2.10 bits per heavy atom. The molecule has 1 atom stereocenters. The second-order valence-corrected chi connectivity index (χ2v) is 6.71. The molecule has 0 saturated carbocycles. The van der Waals surface area contributed by atoms with E-state index < -0.39 is 26.8 Å². The van der Waals surface area contributed by atoms with Gasteiger partial charge in [-0.3, -0.25) is 10.1 Å². The Morgan fingerprint density at radius 3 is 2.71 bits per heavy atom. The number of piperidine rings is 1. The summed E-state index contributed by atoms with van der Waals surface area (Å²) < 4.78 is 25.9. The van der Waals surface area contributed by atoms with Gasteiger partial charge in [0.1, 0.15) is 0 Å². The van der Waals surface area contributed by atoms with Crippen LogP contribution in [0.25, 0.3) is 0 Å². The van der Waals surface area contributed by atoms with Crippen molar-refractivity contribution < 1.29 is 23.2 Å². The van der Waals surface area contributed by atoms with Crippen LogP contribution in [-0.4, -0.2) is 36.7 Å². The SMILES string of the molecule is O=C([O-])[C@H]1CCCN(S(=O)(=O)c2cccc([N+](=O)[O-])c2)C1. The van der Waals surface area contributed by atoms with Crippen LogP contribution in [0, 0.1) is 16.0 Å². The Balaban J connectivity index is 2.31. The van der Waals surface area contributed by atoms with Crippen LogP contribution < -0.4 is 5.11 Å². The van der Waals surface area contributed by atoms with Crippen LogP contribution in [0.2, 0.25) is 0 Å². The first-order valence-corrected chi connectivity index (χ1v) is 7.72. The normalized spacial score (nSPS) is 20.1. The summed E-state index contributed by atoms with van der Waals surface area (Å²) in [5, 5.41) is 21.6. The fourth-order valence-corrected chi connectivity index (χ4v) is 3.82. The first kappa shape index (κ1) is 15.4. The van der Waals surface area contributed by atoms with Gasteiger partial charge in [-0.25, -0.2) is 8.42 Å². The third kappa shape index (κ3) is 3.19. The molecule has 21 heavy (non-hydrogen) atoms. The maximum atomic E-state index is 12.4. The van der Waals surface area contributed by atoms with Gasteiger partial charge in [0.15, 0.2) is 0 Å². The third-order valence-electron chi connectivity index (χ3n) is 3.38. The second-order valence-electron chi connectivity index (χ2n) is 4.78. The Labute approximate surface area is 121 Å². The van der Waals surface area contributed by atoms with Gasteiger partial charge in [0, 0.05) is 37.1 Å². The number of sulfonamides is 1. The zero-order valence-electron chi connectivity index (χ0n) is 11.0. The van der Waals surface area contributed by atoms with Crippen molar-refractivity contribution in [1.29, 1.82) is 0 Å². The molecule has 0 spiro atoms. The highest BCUT2D eigenvalue weighted by Crippen LogP contribution is 2.25. The lowest BCUT2D eigenvalue weighted by molar-refractivity contribution is -0.385. The molecule has 8 nitrogen and oxygen atoms in total. The summed E-state index contributed by atoms with van der Waals surface area (Å²) >= 11 is 0. The fourth-order valence-electron chi connectivity index (χ4n) is 2.26. The molecule has 1 heterocycles. The zero-order valence-corrected chi connectivity index (χ0v) is 11.8. The molecule has 0 aromatic heterocycles. The summed E-state index contributed by atoms with van der Waals surface area (Å²) in [4.78, 5) is 20.7. The average Bonchev–Trinajstić information content (AvgIpc) is 2.47. The predicted molar refractivity (Wildman–Crippen MR) is 69.6 cm³/mol. The van der Waals surface area contributed by atoms with Gasteiger partial charge in [0.05, 0.1) is 9.82 Å². The van der Waals surface area contributed by atoms with E-state index in [1.165, 1.54) is 18.2 Å². The van der Waals surface area contributed by atoms with Gasteiger partial charge >= 0.3 is 0 Å². The maximum absolute atomic E-state index is 12.4. The Bertz CT molecular complexity index is 672.